The highest BCUT2D eigenvalue weighted by Crippen LogP contribution is 2.48. The van der Waals surface area contributed by atoms with Gasteiger partial charge in [0.25, 0.3) is 0 Å². The van der Waals surface area contributed by atoms with Gasteiger partial charge in [-0.25, -0.2) is 4.39 Å². The van der Waals surface area contributed by atoms with Gasteiger partial charge < -0.3 is 10.0 Å². The van der Waals surface area contributed by atoms with Crippen LogP contribution in [0.1, 0.15) is 33.1 Å². The van der Waals surface area contributed by atoms with Crippen molar-refractivity contribution in [2.24, 2.45) is 5.41 Å². The van der Waals surface area contributed by atoms with Crippen molar-refractivity contribution in [3.63, 3.8) is 0 Å². The van der Waals surface area contributed by atoms with Crippen LogP contribution in [0.25, 0.3) is 0 Å². The monoisotopic (exact) mass is 391 g/mol. The lowest BCUT2D eigenvalue weighted by Crippen LogP contribution is -2.33. The van der Waals surface area contributed by atoms with Crippen molar-refractivity contribution in [2.75, 3.05) is 23.5 Å². The number of fused-ring (bicyclic) bond motifs is 1. The van der Waals surface area contributed by atoms with Crippen molar-refractivity contribution in [1.82, 2.24) is 0 Å². The third-order valence-electron chi connectivity index (χ3n) is 4.94. The number of halogens is 1. The lowest BCUT2D eigenvalue weighted by Gasteiger charge is -2.34. The van der Waals surface area contributed by atoms with E-state index < -0.39 is 0 Å². The molecule has 0 spiro atoms. The minimum Gasteiger partial charge on any atom is -0.507 e. The Kier molecular flexibility index (Phi) is 6.08. The van der Waals surface area contributed by atoms with E-state index in [1.54, 1.807) is 11.8 Å². The van der Waals surface area contributed by atoms with Gasteiger partial charge in [0, 0.05) is 22.9 Å². The van der Waals surface area contributed by atoms with E-state index in [-0.39, 0.29) is 11.2 Å². The molecule has 2 aromatic rings. The summed E-state index contributed by atoms with van der Waals surface area (Å²) in [5, 5.41) is 10.3. The molecule has 1 atom stereocenters. The maximum Gasteiger partial charge on any atom is 0.130 e. The lowest BCUT2D eigenvalue weighted by atomic mass is 9.86. The van der Waals surface area contributed by atoms with Gasteiger partial charge >= 0.3 is 0 Å². The smallest absolute Gasteiger partial charge is 0.130 e. The van der Waals surface area contributed by atoms with E-state index in [2.05, 4.69) is 24.8 Å². The molecule has 0 saturated carbocycles. The number of hydrogen-bond donors (Lipinski definition) is 1. The maximum absolute atomic E-state index is 13.5. The average Bonchev–Trinajstić information content (AvgIpc) is 2.77. The quantitative estimate of drug-likeness (QED) is 0.573. The van der Waals surface area contributed by atoms with Crippen LogP contribution in [0.5, 0.6) is 5.75 Å². The van der Waals surface area contributed by atoms with Crippen molar-refractivity contribution in [1.29, 1.82) is 0 Å². The van der Waals surface area contributed by atoms with Gasteiger partial charge in [-0.15, -0.1) is 23.5 Å². The van der Waals surface area contributed by atoms with Crippen LogP contribution in [-0.4, -0.2) is 23.7 Å². The summed E-state index contributed by atoms with van der Waals surface area (Å²) < 4.78 is 13.5. The molecule has 1 aliphatic rings. The fraction of sp³-hybridized carbons (Fsp3) is 0.429. The molecule has 0 fully saturated rings. The van der Waals surface area contributed by atoms with Crippen molar-refractivity contribution < 1.29 is 9.50 Å². The summed E-state index contributed by atoms with van der Waals surface area (Å²) >= 11 is 3.36. The minimum absolute atomic E-state index is 0.156. The van der Waals surface area contributed by atoms with Crippen LogP contribution in [0.3, 0.4) is 0 Å². The van der Waals surface area contributed by atoms with Crippen LogP contribution >= 0.6 is 23.5 Å². The van der Waals surface area contributed by atoms with Gasteiger partial charge in [-0.1, -0.05) is 26.7 Å². The van der Waals surface area contributed by atoms with E-state index in [4.69, 9.17) is 0 Å². The second-order valence-corrected chi connectivity index (χ2v) is 9.12. The van der Waals surface area contributed by atoms with Gasteiger partial charge in [0.2, 0.25) is 0 Å². The molecular weight excluding hydrogens is 365 g/mol. The van der Waals surface area contributed by atoms with Crippen LogP contribution < -0.4 is 4.90 Å². The highest BCUT2D eigenvalue weighted by Gasteiger charge is 2.33. The van der Waals surface area contributed by atoms with Gasteiger partial charge in [-0.05, 0) is 54.5 Å². The van der Waals surface area contributed by atoms with E-state index in [9.17, 15) is 9.50 Å². The molecule has 5 heteroatoms. The predicted octanol–water partition coefficient (Wildman–Crippen LogP) is 6.69. The Morgan fingerprint density at radius 3 is 2.65 bits per heavy atom. The maximum atomic E-state index is 13.5. The summed E-state index contributed by atoms with van der Waals surface area (Å²) in [6.07, 6.45) is 5.51. The summed E-state index contributed by atoms with van der Waals surface area (Å²) in [5.74, 6) is 1.12. The second-order valence-electron chi connectivity index (χ2n) is 7.26. The van der Waals surface area contributed by atoms with Crippen LogP contribution in [0, 0.1) is 11.2 Å². The summed E-state index contributed by atoms with van der Waals surface area (Å²) in [5.41, 5.74) is 2.25. The van der Waals surface area contributed by atoms with Crippen molar-refractivity contribution in [3.8, 4) is 5.75 Å². The molecule has 1 aliphatic heterocycles. The Balaban J connectivity index is 2.08. The van der Waals surface area contributed by atoms with Crippen LogP contribution in [0.2, 0.25) is 0 Å². The largest absolute Gasteiger partial charge is 0.507 e. The van der Waals surface area contributed by atoms with Crippen LogP contribution in [0.4, 0.5) is 15.8 Å². The molecule has 1 unspecified atom stereocenters. The van der Waals surface area contributed by atoms with E-state index in [1.165, 1.54) is 25.0 Å². The lowest BCUT2D eigenvalue weighted by molar-refractivity contribution is 0.343. The topological polar surface area (TPSA) is 23.5 Å². The van der Waals surface area contributed by atoms with Crippen LogP contribution in [-0.2, 0) is 0 Å². The minimum atomic E-state index is -0.220. The molecule has 0 bridgehead atoms. The van der Waals surface area contributed by atoms with Gasteiger partial charge in [0.15, 0.2) is 0 Å². The second kappa shape index (κ2) is 8.13. The summed E-state index contributed by atoms with van der Waals surface area (Å²) in [6.45, 7) is 5.45. The molecule has 0 radical (unpaired) electrons. The van der Waals surface area contributed by atoms with E-state index in [0.717, 1.165) is 39.9 Å². The molecular formula is C21H26FNOS2. The Bertz CT molecular complexity index is 765. The number of phenols is 1. The zero-order valence-corrected chi connectivity index (χ0v) is 17.2. The fourth-order valence-electron chi connectivity index (χ4n) is 3.40. The Labute approximate surface area is 164 Å². The molecule has 0 saturated heterocycles. The Hall–Kier alpha value is -1.33. The van der Waals surface area contributed by atoms with Gasteiger partial charge in [-0.3, -0.25) is 0 Å². The van der Waals surface area contributed by atoms with E-state index >= 15 is 0 Å². The molecule has 2 nitrogen and oxygen atoms in total. The average molecular weight is 392 g/mol. The molecule has 26 heavy (non-hydrogen) atoms. The van der Waals surface area contributed by atoms with Crippen LogP contribution in [0.15, 0.2) is 46.2 Å². The molecule has 0 amide bonds. The number of rotatable bonds is 5. The summed E-state index contributed by atoms with van der Waals surface area (Å²) in [7, 11) is 0. The first-order chi connectivity index (χ1) is 12.5. The number of unbranched alkanes of at least 4 members (excludes halogenated alkanes) is 1. The number of phenolic OH excluding ortho intramolecular Hbond substituents is 1. The molecule has 140 valence electrons. The zero-order valence-electron chi connectivity index (χ0n) is 15.6. The first-order valence-electron chi connectivity index (χ1n) is 9.03. The standard InChI is InChI=1S/C21H26FNOS2/c1-4-5-10-21(2)13-23(16-8-6-15(22)7-9-16)17-11-20(25-3)18(24)12-19(17)26-14-21/h6-9,11-12,24H,4-5,10,13-14H2,1-3H3. The number of benzene rings is 2. The number of aromatic hydroxyl groups is 1. The highest BCUT2D eigenvalue weighted by atomic mass is 32.2. The Morgan fingerprint density at radius 2 is 2.00 bits per heavy atom. The third-order valence-corrected chi connectivity index (χ3v) is 7.19. The van der Waals surface area contributed by atoms with Gasteiger partial charge in [0.1, 0.15) is 11.6 Å². The van der Waals surface area contributed by atoms with Crippen molar-refractivity contribution in [2.45, 2.75) is 42.9 Å². The predicted molar refractivity (Wildman–Crippen MR) is 112 cm³/mol. The molecule has 3 rings (SSSR count). The van der Waals surface area contributed by atoms with Crippen molar-refractivity contribution >= 4 is 34.9 Å². The first-order valence-corrected chi connectivity index (χ1v) is 11.2. The van der Waals surface area contributed by atoms with E-state index in [1.807, 2.05) is 36.2 Å². The van der Waals surface area contributed by atoms with E-state index in [0.29, 0.717) is 5.75 Å². The normalized spacial score (nSPS) is 19.9. The van der Waals surface area contributed by atoms with Gasteiger partial charge in [-0.2, -0.15) is 0 Å². The number of hydrogen-bond acceptors (Lipinski definition) is 4. The summed E-state index contributed by atoms with van der Waals surface area (Å²) in [6, 6.07) is 10.7. The Morgan fingerprint density at radius 1 is 1.27 bits per heavy atom. The molecule has 0 aromatic heterocycles. The first kappa shape index (κ1) is 19.4. The molecule has 1 heterocycles. The van der Waals surface area contributed by atoms with Gasteiger partial charge in [0.05, 0.1) is 10.6 Å². The fourth-order valence-corrected chi connectivity index (χ4v) is 5.15. The summed E-state index contributed by atoms with van der Waals surface area (Å²) in [4.78, 5) is 4.25. The number of anilines is 2. The number of thioether (sulfide) groups is 2. The molecule has 2 aromatic carbocycles. The van der Waals surface area contributed by atoms with Crippen molar-refractivity contribution in [3.05, 3.63) is 42.2 Å². The zero-order chi connectivity index (χ0) is 18.7. The third kappa shape index (κ3) is 4.15. The molecule has 0 aliphatic carbocycles. The SMILES string of the molecule is CCCCC1(C)CSc2cc(O)c(SC)cc2N(c2ccc(F)cc2)C1. The number of nitrogens with zero attached hydrogens (tertiary/aromatic N) is 1. The molecule has 1 N–H and O–H groups in total. The highest BCUT2D eigenvalue weighted by molar-refractivity contribution is 7.99.